The molecule has 0 bridgehead atoms. The van der Waals surface area contributed by atoms with Crippen LogP contribution in [0.1, 0.15) is 26.7 Å². The number of Topliss-reactive ketones (excluding diaryl/α,β-unsaturated/α-hetero) is 1. The highest BCUT2D eigenvalue weighted by molar-refractivity contribution is 5.94. The largest absolute Gasteiger partial charge is 0.481 e. The van der Waals surface area contributed by atoms with E-state index < -0.39 is 5.97 Å². The third kappa shape index (κ3) is 4.39. The maximum absolute atomic E-state index is 11.0. The molecule has 0 aromatic carbocycles. The van der Waals surface area contributed by atoms with Crippen molar-refractivity contribution in [3.8, 4) is 0 Å². The van der Waals surface area contributed by atoms with Crippen LogP contribution in [0.25, 0.3) is 0 Å². The summed E-state index contributed by atoms with van der Waals surface area (Å²) in [6, 6.07) is 0. The SMILES string of the molecule is CC(=O)C(CCC(=O)O)=C(C)OC=O. The number of carbonyl (C=O) groups is 3. The number of carbonyl (C=O) groups excluding carboxylic acids is 2. The van der Waals surface area contributed by atoms with Gasteiger partial charge in [-0.15, -0.1) is 0 Å². The van der Waals surface area contributed by atoms with E-state index >= 15 is 0 Å². The summed E-state index contributed by atoms with van der Waals surface area (Å²) in [5.41, 5.74) is 0.236. The van der Waals surface area contributed by atoms with Gasteiger partial charge in [0.2, 0.25) is 0 Å². The molecule has 5 heteroatoms. The monoisotopic (exact) mass is 200 g/mol. The fourth-order valence-electron chi connectivity index (χ4n) is 0.975. The molecule has 0 heterocycles. The Kier molecular flexibility index (Phi) is 5.21. The molecule has 0 saturated carbocycles. The first-order valence-corrected chi connectivity index (χ1v) is 4.01. The van der Waals surface area contributed by atoms with Crippen LogP contribution in [-0.2, 0) is 19.1 Å². The maximum Gasteiger partial charge on any atom is 0.303 e. The Balaban J connectivity index is 4.58. The number of aliphatic carboxylic acids is 1. The van der Waals surface area contributed by atoms with Gasteiger partial charge in [0, 0.05) is 12.0 Å². The van der Waals surface area contributed by atoms with Crippen molar-refractivity contribution in [2.24, 2.45) is 0 Å². The lowest BCUT2D eigenvalue weighted by Crippen LogP contribution is -2.05. The highest BCUT2D eigenvalue weighted by Gasteiger charge is 2.11. The summed E-state index contributed by atoms with van der Waals surface area (Å²) in [6.45, 7) is 2.96. The van der Waals surface area contributed by atoms with Gasteiger partial charge in [0.25, 0.3) is 6.47 Å². The lowest BCUT2D eigenvalue weighted by molar-refractivity contribution is -0.136. The molecule has 0 aliphatic heterocycles. The first-order valence-electron chi connectivity index (χ1n) is 4.01. The van der Waals surface area contributed by atoms with Crippen LogP contribution in [0.5, 0.6) is 0 Å². The normalized spacial score (nSPS) is 11.6. The molecule has 0 saturated heterocycles. The lowest BCUT2D eigenvalue weighted by Gasteiger charge is -2.05. The van der Waals surface area contributed by atoms with Gasteiger partial charge in [-0.05, 0) is 20.3 Å². The first kappa shape index (κ1) is 12.3. The molecular formula is C9H12O5. The summed E-state index contributed by atoms with van der Waals surface area (Å²) in [7, 11) is 0. The third-order valence-electron chi connectivity index (χ3n) is 1.66. The topological polar surface area (TPSA) is 80.7 Å². The maximum atomic E-state index is 11.0. The molecule has 0 fully saturated rings. The molecule has 0 radical (unpaired) electrons. The number of allylic oxidation sites excluding steroid dienone is 2. The third-order valence-corrected chi connectivity index (χ3v) is 1.66. The molecule has 0 spiro atoms. The number of ketones is 1. The second-order valence-corrected chi connectivity index (χ2v) is 2.70. The number of hydrogen-bond donors (Lipinski definition) is 1. The second kappa shape index (κ2) is 5.90. The number of rotatable bonds is 6. The zero-order valence-corrected chi connectivity index (χ0v) is 8.07. The molecule has 0 amide bonds. The van der Waals surface area contributed by atoms with E-state index in [2.05, 4.69) is 4.74 Å². The molecule has 78 valence electrons. The molecule has 0 aromatic rings. The number of carboxylic acid groups (broad SMARTS) is 1. The van der Waals surface area contributed by atoms with Gasteiger partial charge in [0.1, 0.15) is 5.76 Å². The standard InChI is InChI=1S/C9H12O5/c1-6(11)8(3-4-9(12)13)7(2)14-5-10/h5H,3-4H2,1-2H3,(H,12,13). The smallest absolute Gasteiger partial charge is 0.303 e. The number of carboxylic acids is 1. The summed E-state index contributed by atoms with van der Waals surface area (Å²) in [5, 5.41) is 8.41. The van der Waals surface area contributed by atoms with Crippen molar-refractivity contribution in [2.45, 2.75) is 26.7 Å². The molecule has 14 heavy (non-hydrogen) atoms. The Morgan fingerprint density at radius 2 is 1.86 bits per heavy atom. The predicted octanol–water partition coefficient (Wildman–Crippen LogP) is 0.887. The van der Waals surface area contributed by atoms with E-state index in [9.17, 15) is 14.4 Å². The van der Waals surface area contributed by atoms with E-state index in [0.29, 0.717) is 0 Å². The molecule has 1 N–H and O–H groups in total. The Morgan fingerprint density at radius 3 is 2.21 bits per heavy atom. The molecular weight excluding hydrogens is 188 g/mol. The van der Waals surface area contributed by atoms with Crippen molar-refractivity contribution < 1.29 is 24.2 Å². The van der Waals surface area contributed by atoms with E-state index in [4.69, 9.17) is 5.11 Å². The number of ether oxygens (including phenoxy) is 1. The molecule has 0 aliphatic rings. The van der Waals surface area contributed by atoms with Crippen molar-refractivity contribution in [1.82, 2.24) is 0 Å². The first-order chi connectivity index (χ1) is 6.49. The molecule has 0 unspecified atom stereocenters. The molecule has 5 nitrogen and oxygen atoms in total. The fraction of sp³-hybridized carbons (Fsp3) is 0.444. The van der Waals surface area contributed by atoms with Crippen LogP contribution < -0.4 is 0 Å². The predicted molar refractivity (Wildman–Crippen MR) is 47.4 cm³/mol. The van der Waals surface area contributed by atoms with Crippen LogP contribution in [0.2, 0.25) is 0 Å². The van der Waals surface area contributed by atoms with Gasteiger partial charge in [0.05, 0.1) is 0 Å². The van der Waals surface area contributed by atoms with Crippen LogP contribution in [0.4, 0.5) is 0 Å². The van der Waals surface area contributed by atoms with E-state index in [0.717, 1.165) is 0 Å². The molecule has 0 aliphatic carbocycles. The Hall–Kier alpha value is -1.65. The van der Waals surface area contributed by atoms with E-state index in [1.54, 1.807) is 0 Å². The van der Waals surface area contributed by atoms with Gasteiger partial charge in [0.15, 0.2) is 5.78 Å². The van der Waals surface area contributed by atoms with Gasteiger partial charge in [-0.3, -0.25) is 14.4 Å². The zero-order chi connectivity index (χ0) is 11.1. The van der Waals surface area contributed by atoms with Crippen molar-refractivity contribution >= 4 is 18.2 Å². The molecule has 0 aromatic heterocycles. The van der Waals surface area contributed by atoms with Gasteiger partial charge < -0.3 is 9.84 Å². The average molecular weight is 200 g/mol. The van der Waals surface area contributed by atoms with Crippen molar-refractivity contribution in [3.63, 3.8) is 0 Å². The Labute approximate surface area is 81.4 Å². The average Bonchev–Trinajstić information content (AvgIpc) is 2.03. The van der Waals surface area contributed by atoms with Crippen molar-refractivity contribution in [1.29, 1.82) is 0 Å². The quantitative estimate of drug-likeness (QED) is 0.391. The van der Waals surface area contributed by atoms with E-state index in [-0.39, 0.29) is 36.4 Å². The van der Waals surface area contributed by atoms with Gasteiger partial charge in [-0.25, -0.2) is 0 Å². The minimum absolute atomic E-state index is 0.0737. The van der Waals surface area contributed by atoms with Crippen molar-refractivity contribution in [3.05, 3.63) is 11.3 Å². The Bertz CT molecular complexity index is 277. The lowest BCUT2D eigenvalue weighted by atomic mass is 10.1. The summed E-state index contributed by atoms with van der Waals surface area (Å²) in [4.78, 5) is 31.3. The van der Waals surface area contributed by atoms with Gasteiger partial charge >= 0.3 is 5.97 Å². The van der Waals surface area contributed by atoms with Crippen LogP contribution >= 0.6 is 0 Å². The molecule has 0 atom stereocenters. The van der Waals surface area contributed by atoms with Crippen LogP contribution in [-0.4, -0.2) is 23.3 Å². The fourth-order valence-corrected chi connectivity index (χ4v) is 0.975. The summed E-state index contributed by atoms with van der Waals surface area (Å²) >= 11 is 0. The summed E-state index contributed by atoms with van der Waals surface area (Å²) in [5.74, 6) is -1.12. The van der Waals surface area contributed by atoms with Gasteiger partial charge in [-0.1, -0.05) is 0 Å². The van der Waals surface area contributed by atoms with Crippen LogP contribution in [0.15, 0.2) is 11.3 Å². The Morgan fingerprint density at radius 1 is 1.29 bits per heavy atom. The minimum atomic E-state index is -0.998. The number of hydrogen-bond acceptors (Lipinski definition) is 4. The highest BCUT2D eigenvalue weighted by Crippen LogP contribution is 2.12. The van der Waals surface area contributed by atoms with E-state index in [1.165, 1.54) is 13.8 Å². The summed E-state index contributed by atoms with van der Waals surface area (Å²) in [6.07, 6.45) is -0.0845. The van der Waals surface area contributed by atoms with Crippen molar-refractivity contribution in [2.75, 3.05) is 0 Å². The highest BCUT2D eigenvalue weighted by atomic mass is 16.5. The summed E-state index contributed by atoms with van der Waals surface area (Å²) < 4.78 is 4.48. The minimum Gasteiger partial charge on any atom is -0.481 e. The van der Waals surface area contributed by atoms with Crippen LogP contribution in [0.3, 0.4) is 0 Å². The second-order valence-electron chi connectivity index (χ2n) is 2.70. The van der Waals surface area contributed by atoms with Gasteiger partial charge in [-0.2, -0.15) is 0 Å². The van der Waals surface area contributed by atoms with E-state index in [1.807, 2.05) is 0 Å². The molecule has 0 rings (SSSR count). The zero-order valence-electron chi connectivity index (χ0n) is 8.07. The van der Waals surface area contributed by atoms with Crippen LogP contribution in [0, 0.1) is 0 Å².